The molecule has 28 heavy (non-hydrogen) atoms. The Hall–Kier alpha value is -2.82. The molecule has 2 heterocycles. The van der Waals surface area contributed by atoms with Crippen molar-refractivity contribution in [2.75, 3.05) is 7.11 Å². The van der Waals surface area contributed by atoms with Gasteiger partial charge in [-0.15, -0.1) is 0 Å². The Morgan fingerprint density at radius 1 is 0.786 bits per heavy atom. The minimum Gasteiger partial charge on any atom is -0.491 e. The lowest BCUT2D eigenvalue weighted by Crippen LogP contribution is -2.17. The first-order valence-electron chi connectivity index (χ1n) is 9.61. The summed E-state index contributed by atoms with van der Waals surface area (Å²) in [6.45, 7) is 11.9. The monoisotopic (exact) mass is 386 g/mol. The van der Waals surface area contributed by atoms with Crippen LogP contribution in [0.15, 0.2) is 52.3 Å². The van der Waals surface area contributed by atoms with E-state index in [-0.39, 0.29) is 11.1 Å². The normalized spacial score (nSPS) is 9.18. The van der Waals surface area contributed by atoms with E-state index in [4.69, 9.17) is 4.74 Å². The SMILES string of the molecule is CC.CC.COc1cc(C)cn(C)c1=O.Cc1cn(C)c(=O)c2ccccc12. The standard InChI is InChI=1S/C11H11NO.C8H11NO2.2C2H6/c1-8-7-12(2)11(13)10-6-4-3-5-9(8)10;1-6-4-7(11-3)8(10)9(2)5-6;2*1-2/h3-7H,1-2H3;4-5H,1-3H3;2*1-2H3. The molecule has 0 unspecified atom stereocenters. The summed E-state index contributed by atoms with van der Waals surface area (Å²) in [6, 6.07) is 9.41. The molecule has 0 aliphatic rings. The van der Waals surface area contributed by atoms with Gasteiger partial charge in [0.15, 0.2) is 5.75 Å². The van der Waals surface area contributed by atoms with E-state index in [1.54, 1.807) is 30.9 Å². The van der Waals surface area contributed by atoms with E-state index >= 15 is 0 Å². The van der Waals surface area contributed by atoms with Gasteiger partial charge in [-0.05, 0) is 42.5 Å². The van der Waals surface area contributed by atoms with Crippen LogP contribution in [0.5, 0.6) is 5.75 Å². The highest BCUT2D eigenvalue weighted by molar-refractivity contribution is 5.84. The quantitative estimate of drug-likeness (QED) is 0.614. The zero-order valence-electron chi connectivity index (χ0n) is 18.7. The molecule has 0 saturated heterocycles. The average molecular weight is 387 g/mol. The first-order chi connectivity index (χ1) is 13.3. The number of nitrogens with zero attached hydrogens (tertiary/aromatic N) is 2. The Balaban J connectivity index is 0.000000447. The number of benzene rings is 1. The van der Waals surface area contributed by atoms with Crippen molar-refractivity contribution in [3.8, 4) is 5.75 Å². The number of aryl methyl sites for hydroxylation is 4. The van der Waals surface area contributed by atoms with Crippen molar-refractivity contribution in [1.82, 2.24) is 9.13 Å². The number of methoxy groups -OCH3 is 1. The molecule has 2 aromatic heterocycles. The van der Waals surface area contributed by atoms with Gasteiger partial charge in [0.25, 0.3) is 11.1 Å². The first kappa shape index (κ1) is 25.2. The maximum absolute atomic E-state index is 11.6. The summed E-state index contributed by atoms with van der Waals surface area (Å²) < 4.78 is 8.00. The molecular formula is C23H34N2O3. The topological polar surface area (TPSA) is 53.2 Å². The fraction of sp³-hybridized carbons (Fsp3) is 0.391. The Labute approximate surface area is 168 Å². The van der Waals surface area contributed by atoms with Crippen molar-refractivity contribution in [3.63, 3.8) is 0 Å². The largest absolute Gasteiger partial charge is 0.491 e. The zero-order valence-corrected chi connectivity index (χ0v) is 18.7. The Bertz CT molecular complexity index is 985. The van der Waals surface area contributed by atoms with Crippen LogP contribution in [0.4, 0.5) is 0 Å². The molecule has 154 valence electrons. The fourth-order valence-electron chi connectivity index (χ4n) is 2.61. The van der Waals surface area contributed by atoms with Crippen LogP contribution in [0.3, 0.4) is 0 Å². The van der Waals surface area contributed by atoms with Crippen molar-refractivity contribution in [2.45, 2.75) is 41.5 Å². The molecular weight excluding hydrogens is 352 g/mol. The molecule has 0 radical (unpaired) electrons. The van der Waals surface area contributed by atoms with E-state index in [0.717, 1.165) is 21.9 Å². The molecule has 0 atom stereocenters. The molecule has 0 bridgehead atoms. The Morgan fingerprint density at radius 2 is 1.29 bits per heavy atom. The maximum atomic E-state index is 11.6. The number of aromatic nitrogens is 2. The van der Waals surface area contributed by atoms with Crippen molar-refractivity contribution >= 4 is 10.8 Å². The lowest BCUT2D eigenvalue weighted by molar-refractivity contribution is 0.404. The van der Waals surface area contributed by atoms with Gasteiger partial charge < -0.3 is 13.9 Å². The highest BCUT2D eigenvalue weighted by Crippen LogP contribution is 2.13. The molecule has 0 aliphatic carbocycles. The molecule has 5 nitrogen and oxygen atoms in total. The number of hydrogen-bond acceptors (Lipinski definition) is 3. The third kappa shape index (κ3) is 6.41. The predicted molar refractivity (Wildman–Crippen MR) is 120 cm³/mol. The van der Waals surface area contributed by atoms with Gasteiger partial charge in [-0.25, -0.2) is 0 Å². The van der Waals surface area contributed by atoms with Gasteiger partial charge in [-0.2, -0.15) is 0 Å². The number of fused-ring (bicyclic) bond motifs is 1. The molecule has 0 N–H and O–H groups in total. The van der Waals surface area contributed by atoms with Gasteiger partial charge in [-0.1, -0.05) is 45.9 Å². The lowest BCUT2D eigenvalue weighted by atomic mass is 10.1. The number of ether oxygens (including phenoxy) is 1. The Kier molecular flexibility index (Phi) is 11.3. The van der Waals surface area contributed by atoms with E-state index in [2.05, 4.69) is 0 Å². The van der Waals surface area contributed by atoms with Crippen molar-refractivity contribution in [1.29, 1.82) is 0 Å². The third-order valence-corrected chi connectivity index (χ3v) is 3.80. The average Bonchev–Trinajstić information content (AvgIpc) is 2.72. The predicted octanol–water partition coefficient (Wildman–Crippen LogP) is 4.60. The molecule has 1 aromatic carbocycles. The summed E-state index contributed by atoms with van der Waals surface area (Å²) in [5.41, 5.74) is 2.13. The van der Waals surface area contributed by atoms with Gasteiger partial charge in [-0.3, -0.25) is 9.59 Å². The van der Waals surface area contributed by atoms with Gasteiger partial charge in [0.2, 0.25) is 0 Å². The summed E-state index contributed by atoms with van der Waals surface area (Å²) in [5.74, 6) is 0.396. The van der Waals surface area contributed by atoms with Crippen LogP contribution in [0.1, 0.15) is 38.8 Å². The molecule has 0 spiro atoms. The molecule has 0 aliphatic heterocycles. The smallest absolute Gasteiger partial charge is 0.292 e. The van der Waals surface area contributed by atoms with Crippen molar-refractivity contribution in [3.05, 3.63) is 74.6 Å². The second kappa shape index (κ2) is 12.5. The summed E-state index contributed by atoms with van der Waals surface area (Å²) in [4.78, 5) is 22.8. The molecule has 0 amide bonds. The van der Waals surface area contributed by atoms with E-state index < -0.39 is 0 Å². The van der Waals surface area contributed by atoms with Crippen molar-refractivity contribution < 1.29 is 4.74 Å². The minimum absolute atomic E-state index is 0.0706. The van der Waals surface area contributed by atoms with E-state index in [1.165, 1.54) is 11.7 Å². The highest BCUT2D eigenvalue weighted by Gasteiger charge is 2.02. The van der Waals surface area contributed by atoms with Crippen LogP contribution in [-0.4, -0.2) is 16.2 Å². The highest BCUT2D eigenvalue weighted by atomic mass is 16.5. The summed E-state index contributed by atoms with van der Waals surface area (Å²) in [6.07, 6.45) is 3.63. The number of hydrogen-bond donors (Lipinski definition) is 0. The third-order valence-electron chi connectivity index (χ3n) is 3.80. The maximum Gasteiger partial charge on any atom is 0.292 e. The van der Waals surface area contributed by atoms with Crippen LogP contribution in [0.2, 0.25) is 0 Å². The summed E-state index contributed by atoms with van der Waals surface area (Å²) >= 11 is 0. The van der Waals surface area contributed by atoms with Crippen LogP contribution in [0, 0.1) is 13.8 Å². The van der Waals surface area contributed by atoms with E-state index in [0.29, 0.717) is 5.75 Å². The van der Waals surface area contributed by atoms with Gasteiger partial charge in [0, 0.05) is 31.9 Å². The second-order valence-corrected chi connectivity index (χ2v) is 5.78. The van der Waals surface area contributed by atoms with E-state index in [9.17, 15) is 9.59 Å². The van der Waals surface area contributed by atoms with Crippen LogP contribution in [0.25, 0.3) is 10.8 Å². The van der Waals surface area contributed by atoms with Crippen molar-refractivity contribution in [2.24, 2.45) is 14.1 Å². The minimum atomic E-state index is -0.0990. The van der Waals surface area contributed by atoms with Crippen LogP contribution in [-0.2, 0) is 14.1 Å². The van der Waals surface area contributed by atoms with Crippen LogP contribution >= 0.6 is 0 Å². The summed E-state index contributed by atoms with van der Waals surface area (Å²) in [7, 11) is 4.98. The van der Waals surface area contributed by atoms with E-state index in [1.807, 2.05) is 72.0 Å². The molecule has 0 saturated carbocycles. The van der Waals surface area contributed by atoms with Gasteiger partial charge >= 0.3 is 0 Å². The van der Waals surface area contributed by atoms with Gasteiger partial charge in [0.05, 0.1) is 7.11 Å². The number of pyridine rings is 2. The van der Waals surface area contributed by atoms with Crippen LogP contribution < -0.4 is 15.9 Å². The molecule has 0 fully saturated rings. The molecule has 3 aromatic rings. The fourth-order valence-corrected chi connectivity index (χ4v) is 2.61. The molecule has 5 heteroatoms. The van der Waals surface area contributed by atoms with Gasteiger partial charge in [0.1, 0.15) is 0 Å². The second-order valence-electron chi connectivity index (χ2n) is 5.78. The Morgan fingerprint density at radius 3 is 1.82 bits per heavy atom. The first-order valence-corrected chi connectivity index (χ1v) is 9.61. The summed E-state index contributed by atoms with van der Waals surface area (Å²) in [5, 5.41) is 1.84. The lowest BCUT2D eigenvalue weighted by Gasteiger charge is -2.04. The number of rotatable bonds is 1. The molecule has 3 rings (SSSR count). The zero-order chi connectivity index (χ0) is 21.9.